The van der Waals surface area contributed by atoms with E-state index in [9.17, 15) is 19.2 Å². The molecule has 0 rings (SSSR count). The van der Waals surface area contributed by atoms with Gasteiger partial charge in [0.1, 0.15) is 6.04 Å². The van der Waals surface area contributed by atoms with E-state index in [0.717, 1.165) is 17.7 Å². The number of carbonyl (C=O) groups excluding carboxylic acids is 1. The molecule has 22 heavy (non-hydrogen) atoms. The molecule has 0 saturated carbocycles. The summed E-state index contributed by atoms with van der Waals surface area (Å²) in [6, 6.07) is -2.98. The molecule has 0 aliphatic rings. The molecule has 0 aromatic rings. The minimum absolute atomic E-state index is 0.0181. The Labute approximate surface area is 127 Å². The molecule has 0 aromatic carbocycles. The van der Waals surface area contributed by atoms with Gasteiger partial charge in [0, 0.05) is 6.54 Å². The maximum atomic E-state index is 12.2. The highest BCUT2D eigenvalue weighted by Crippen LogP contribution is 2.11. The summed E-state index contributed by atoms with van der Waals surface area (Å²) in [6.45, 7) is 1.93. The van der Waals surface area contributed by atoms with Crippen LogP contribution in [0.1, 0.15) is 39.0 Å². The molecule has 0 aliphatic heterocycles. The van der Waals surface area contributed by atoms with Crippen molar-refractivity contribution in [2.24, 2.45) is 5.73 Å². The first kappa shape index (κ1) is 19.8. The maximum absolute atomic E-state index is 12.2. The summed E-state index contributed by atoms with van der Waals surface area (Å²) in [4.78, 5) is 45.7. The first-order chi connectivity index (χ1) is 10.2. The molecule has 0 heterocycles. The number of hydrogen-bond donors (Lipinski definition) is 4. The number of carbonyl (C=O) groups is 4. The fourth-order valence-electron chi connectivity index (χ4n) is 1.94. The van der Waals surface area contributed by atoms with Crippen molar-refractivity contribution in [3.8, 4) is 0 Å². The van der Waals surface area contributed by atoms with Crippen LogP contribution in [0, 0.1) is 0 Å². The lowest BCUT2D eigenvalue weighted by molar-refractivity contribution is -0.155. The first-order valence-corrected chi connectivity index (χ1v) is 6.93. The van der Waals surface area contributed by atoms with E-state index < -0.39 is 48.7 Å². The van der Waals surface area contributed by atoms with Gasteiger partial charge in [0.05, 0.1) is 18.9 Å². The molecule has 126 valence electrons. The SMILES string of the molecule is CCCCCN(C(=O)C(N)CC(=O)O)C(CC(=O)O)C(=O)O. The molecule has 0 saturated heterocycles. The maximum Gasteiger partial charge on any atom is 0.327 e. The van der Waals surface area contributed by atoms with E-state index in [1.807, 2.05) is 6.92 Å². The van der Waals surface area contributed by atoms with E-state index in [-0.39, 0.29) is 6.54 Å². The van der Waals surface area contributed by atoms with Gasteiger partial charge in [0.25, 0.3) is 0 Å². The second kappa shape index (κ2) is 9.72. The van der Waals surface area contributed by atoms with Crippen LogP contribution in [-0.2, 0) is 19.2 Å². The third-order valence-corrected chi connectivity index (χ3v) is 3.03. The number of aliphatic carboxylic acids is 3. The number of carboxylic acids is 3. The molecule has 0 spiro atoms. The molecule has 2 unspecified atom stereocenters. The minimum atomic E-state index is -1.57. The lowest BCUT2D eigenvalue weighted by atomic mass is 10.1. The van der Waals surface area contributed by atoms with Gasteiger partial charge in [-0.05, 0) is 6.42 Å². The smallest absolute Gasteiger partial charge is 0.327 e. The van der Waals surface area contributed by atoms with E-state index in [1.165, 1.54) is 0 Å². The van der Waals surface area contributed by atoms with Crippen LogP contribution >= 0.6 is 0 Å². The van der Waals surface area contributed by atoms with Crippen molar-refractivity contribution in [2.45, 2.75) is 51.1 Å². The summed E-state index contributed by atoms with van der Waals surface area (Å²) in [5.74, 6) is -4.99. The number of hydrogen-bond acceptors (Lipinski definition) is 5. The van der Waals surface area contributed by atoms with Gasteiger partial charge < -0.3 is 26.0 Å². The Morgan fingerprint density at radius 2 is 1.55 bits per heavy atom. The fraction of sp³-hybridized carbons (Fsp3) is 0.692. The second-order valence-corrected chi connectivity index (χ2v) is 4.89. The highest BCUT2D eigenvalue weighted by Gasteiger charge is 2.34. The van der Waals surface area contributed by atoms with Crippen molar-refractivity contribution < 1.29 is 34.5 Å². The highest BCUT2D eigenvalue weighted by atomic mass is 16.4. The van der Waals surface area contributed by atoms with Crippen molar-refractivity contribution in [3.63, 3.8) is 0 Å². The summed E-state index contributed by atoms with van der Waals surface area (Å²) in [7, 11) is 0. The zero-order chi connectivity index (χ0) is 17.3. The molecule has 9 nitrogen and oxygen atoms in total. The molecule has 5 N–H and O–H groups in total. The number of unbranched alkanes of at least 4 members (excludes halogenated alkanes) is 2. The van der Waals surface area contributed by atoms with Gasteiger partial charge in [0.15, 0.2) is 0 Å². The second-order valence-electron chi connectivity index (χ2n) is 4.89. The quantitative estimate of drug-likeness (QED) is 0.379. The normalized spacial score (nSPS) is 13.2. The van der Waals surface area contributed by atoms with Gasteiger partial charge in [-0.3, -0.25) is 14.4 Å². The number of nitrogens with zero attached hydrogens (tertiary/aromatic N) is 1. The van der Waals surface area contributed by atoms with Gasteiger partial charge in [-0.15, -0.1) is 0 Å². The molecule has 9 heteroatoms. The Morgan fingerprint density at radius 1 is 1.00 bits per heavy atom. The van der Waals surface area contributed by atoms with Crippen molar-refractivity contribution >= 4 is 23.8 Å². The van der Waals surface area contributed by atoms with Crippen LogP contribution in [0.3, 0.4) is 0 Å². The largest absolute Gasteiger partial charge is 0.481 e. The van der Waals surface area contributed by atoms with Crippen LogP contribution in [0.15, 0.2) is 0 Å². The molecule has 0 aromatic heterocycles. The van der Waals surface area contributed by atoms with Crippen LogP contribution < -0.4 is 5.73 Å². The zero-order valence-electron chi connectivity index (χ0n) is 12.4. The van der Waals surface area contributed by atoms with Crippen LogP contribution in [-0.4, -0.2) is 62.7 Å². The summed E-state index contributed by atoms with van der Waals surface area (Å²) in [5, 5.41) is 26.6. The number of amides is 1. The van der Waals surface area contributed by atoms with E-state index in [4.69, 9.17) is 21.1 Å². The molecule has 0 radical (unpaired) electrons. The van der Waals surface area contributed by atoms with Gasteiger partial charge in [-0.2, -0.15) is 0 Å². The van der Waals surface area contributed by atoms with E-state index in [1.54, 1.807) is 0 Å². The van der Waals surface area contributed by atoms with Gasteiger partial charge in [-0.25, -0.2) is 4.79 Å². The fourth-order valence-corrected chi connectivity index (χ4v) is 1.94. The van der Waals surface area contributed by atoms with E-state index in [2.05, 4.69) is 0 Å². The summed E-state index contributed by atoms with van der Waals surface area (Å²) in [5.41, 5.74) is 5.48. The van der Waals surface area contributed by atoms with Crippen LogP contribution in [0.4, 0.5) is 0 Å². The average molecular weight is 318 g/mol. The minimum Gasteiger partial charge on any atom is -0.481 e. The van der Waals surface area contributed by atoms with Gasteiger partial charge >= 0.3 is 17.9 Å². The predicted molar refractivity (Wildman–Crippen MR) is 75.1 cm³/mol. The van der Waals surface area contributed by atoms with E-state index >= 15 is 0 Å². The Kier molecular flexibility index (Phi) is 8.76. The lowest BCUT2D eigenvalue weighted by Crippen LogP contribution is -2.53. The third-order valence-electron chi connectivity index (χ3n) is 3.03. The molecule has 0 aliphatic carbocycles. The number of nitrogens with two attached hydrogens (primary N) is 1. The van der Waals surface area contributed by atoms with Gasteiger partial charge in [0.2, 0.25) is 5.91 Å². The molecule has 0 fully saturated rings. The third kappa shape index (κ3) is 7.02. The summed E-state index contributed by atoms with van der Waals surface area (Å²) in [6.07, 6.45) is 0.595. The van der Waals surface area contributed by atoms with Crippen molar-refractivity contribution in [1.29, 1.82) is 0 Å². The molecule has 0 bridgehead atoms. The van der Waals surface area contributed by atoms with Gasteiger partial charge in [-0.1, -0.05) is 19.8 Å². The standard InChI is InChI=1S/C13H22N2O7/c1-2-3-4-5-15(9(13(21)22)7-11(18)19)12(20)8(14)6-10(16)17/h8-9H,2-7,14H2,1H3,(H,16,17)(H,18,19)(H,21,22). The molecular formula is C13H22N2O7. The lowest BCUT2D eigenvalue weighted by Gasteiger charge is -2.30. The van der Waals surface area contributed by atoms with Crippen LogP contribution in [0.5, 0.6) is 0 Å². The van der Waals surface area contributed by atoms with E-state index in [0.29, 0.717) is 6.42 Å². The Bertz CT molecular complexity index is 425. The first-order valence-electron chi connectivity index (χ1n) is 6.93. The van der Waals surface area contributed by atoms with Crippen LogP contribution in [0.25, 0.3) is 0 Å². The highest BCUT2D eigenvalue weighted by molar-refractivity contribution is 5.91. The topological polar surface area (TPSA) is 158 Å². The monoisotopic (exact) mass is 318 g/mol. The number of rotatable bonds is 11. The predicted octanol–water partition coefficient (Wildman–Crippen LogP) is -0.265. The zero-order valence-corrected chi connectivity index (χ0v) is 12.4. The number of carboxylic acid groups (broad SMARTS) is 3. The molecular weight excluding hydrogens is 296 g/mol. The summed E-state index contributed by atoms with van der Waals surface area (Å²) >= 11 is 0. The Morgan fingerprint density at radius 3 is 1.95 bits per heavy atom. The van der Waals surface area contributed by atoms with Crippen LogP contribution in [0.2, 0.25) is 0 Å². The average Bonchev–Trinajstić information content (AvgIpc) is 2.39. The Balaban J connectivity index is 5.20. The van der Waals surface area contributed by atoms with Crippen molar-refractivity contribution in [3.05, 3.63) is 0 Å². The summed E-state index contributed by atoms with van der Waals surface area (Å²) < 4.78 is 0. The Hall–Kier alpha value is -2.16. The molecule has 1 amide bonds. The van der Waals surface area contributed by atoms with Crippen molar-refractivity contribution in [2.75, 3.05) is 6.54 Å². The molecule has 2 atom stereocenters. The van der Waals surface area contributed by atoms with Crippen molar-refractivity contribution in [1.82, 2.24) is 4.90 Å².